The summed E-state index contributed by atoms with van der Waals surface area (Å²) in [7, 11) is -2.73. The van der Waals surface area contributed by atoms with E-state index in [2.05, 4.69) is 10.3 Å². The summed E-state index contributed by atoms with van der Waals surface area (Å²) in [6.07, 6.45) is 1.53. The number of ether oxygens (including phenoxy) is 1. The molecule has 0 radical (unpaired) electrons. The summed E-state index contributed by atoms with van der Waals surface area (Å²) >= 11 is 7.02. The van der Waals surface area contributed by atoms with Crippen molar-refractivity contribution in [3.05, 3.63) is 87.8 Å². The zero-order valence-electron chi connectivity index (χ0n) is 18.1. The lowest BCUT2D eigenvalue weighted by Crippen LogP contribution is -2.19. The smallest absolute Gasteiger partial charge is 0.339 e. The second-order valence-corrected chi connectivity index (χ2v) is 10.2. The van der Waals surface area contributed by atoms with Gasteiger partial charge in [0.15, 0.2) is 16.7 Å². The highest BCUT2D eigenvalue weighted by atomic mass is 35.5. The molecule has 7 nitrogen and oxygen atoms in total. The fourth-order valence-electron chi connectivity index (χ4n) is 3.01. The average Bonchev–Trinajstić information content (AvgIpc) is 3.15. The lowest BCUT2D eigenvalue weighted by molar-refractivity contribution is -0.115. The number of amides is 1. The van der Waals surface area contributed by atoms with E-state index in [1.54, 1.807) is 54.6 Å². The molecule has 4 rings (SSSR count). The molecule has 0 spiro atoms. The number of halogens is 1. The molecule has 34 heavy (non-hydrogen) atoms. The molecule has 1 amide bonds. The standard InChI is InChI=1S/C24H19ClN2O5S2/c1-15-6-12-19(13-7-15)34(29,30)32-22-16(4-3-5-20(22)31-2)14-21-23(28)27-24(33-21)26-18-10-8-17(25)9-11-18/h3-14H,1-2H3,(H,26,27,28)/b21-14-. The molecule has 3 aromatic carbocycles. The molecule has 0 aromatic heterocycles. The van der Waals surface area contributed by atoms with Crippen molar-refractivity contribution in [2.45, 2.75) is 11.8 Å². The summed E-state index contributed by atoms with van der Waals surface area (Å²) in [5, 5.41) is 3.66. The highest BCUT2D eigenvalue weighted by Crippen LogP contribution is 2.37. The van der Waals surface area contributed by atoms with Crippen molar-refractivity contribution in [2.24, 2.45) is 4.99 Å². The third kappa shape index (κ3) is 5.44. The van der Waals surface area contributed by atoms with Crippen molar-refractivity contribution in [1.29, 1.82) is 0 Å². The van der Waals surface area contributed by atoms with Gasteiger partial charge in [-0.05, 0) is 67.2 Å². The largest absolute Gasteiger partial charge is 0.493 e. The molecule has 1 heterocycles. The zero-order chi connectivity index (χ0) is 24.3. The minimum absolute atomic E-state index is 0.00739. The van der Waals surface area contributed by atoms with E-state index in [4.69, 9.17) is 20.5 Å². The molecule has 10 heteroatoms. The first-order chi connectivity index (χ1) is 16.2. The molecule has 1 aliphatic heterocycles. The van der Waals surface area contributed by atoms with E-state index in [9.17, 15) is 13.2 Å². The topological polar surface area (TPSA) is 94.1 Å². The van der Waals surface area contributed by atoms with Crippen LogP contribution in [0.5, 0.6) is 11.5 Å². The number of rotatable bonds is 6. The Morgan fingerprint density at radius 2 is 1.74 bits per heavy atom. The van der Waals surface area contributed by atoms with Crippen LogP contribution in [0, 0.1) is 6.92 Å². The van der Waals surface area contributed by atoms with Crippen LogP contribution in [0.2, 0.25) is 5.02 Å². The Kier molecular flexibility index (Phi) is 6.97. The molecule has 1 saturated heterocycles. The van der Waals surface area contributed by atoms with Gasteiger partial charge in [0.2, 0.25) is 0 Å². The van der Waals surface area contributed by atoms with Gasteiger partial charge in [0.25, 0.3) is 5.91 Å². The Morgan fingerprint density at radius 3 is 2.41 bits per heavy atom. The molecule has 174 valence electrons. The highest BCUT2D eigenvalue weighted by molar-refractivity contribution is 8.18. The van der Waals surface area contributed by atoms with Gasteiger partial charge in [-0.25, -0.2) is 4.99 Å². The quantitative estimate of drug-likeness (QED) is 0.353. The lowest BCUT2D eigenvalue weighted by atomic mass is 10.1. The number of aryl methyl sites for hydroxylation is 1. The number of amidine groups is 1. The minimum Gasteiger partial charge on any atom is -0.493 e. The Bertz CT molecular complexity index is 1400. The van der Waals surface area contributed by atoms with Gasteiger partial charge in [-0.15, -0.1) is 0 Å². The number of para-hydroxylation sites is 1. The maximum atomic E-state index is 12.9. The summed E-state index contributed by atoms with van der Waals surface area (Å²) in [5.41, 5.74) is 1.91. The summed E-state index contributed by atoms with van der Waals surface area (Å²) in [6.45, 7) is 1.86. The van der Waals surface area contributed by atoms with Crippen LogP contribution in [0.25, 0.3) is 6.08 Å². The van der Waals surface area contributed by atoms with Gasteiger partial charge < -0.3 is 14.2 Å². The number of hydrogen-bond acceptors (Lipinski definition) is 7. The number of nitrogens with zero attached hydrogens (tertiary/aromatic N) is 1. The molecular formula is C24H19ClN2O5S2. The molecule has 0 aliphatic carbocycles. The van der Waals surface area contributed by atoms with Crippen LogP contribution in [-0.4, -0.2) is 26.6 Å². The SMILES string of the molecule is COc1cccc(/C=C2\SC(=Nc3ccc(Cl)cc3)NC2=O)c1OS(=O)(=O)c1ccc(C)cc1. The molecule has 0 unspecified atom stereocenters. The Labute approximate surface area is 206 Å². The second kappa shape index (κ2) is 9.92. The van der Waals surface area contributed by atoms with Gasteiger partial charge in [-0.3, -0.25) is 4.79 Å². The maximum absolute atomic E-state index is 12.9. The van der Waals surface area contributed by atoms with Crippen LogP contribution in [0.1, 0.15) is 11.1 Å². The number of hydrogen-bond donors (Lipinski definition) is 1. The summed E-state index contributed by atoms with van der Waals surface area (Å²) < 4.78 is 36.6. The molecule has 1 aliphatic rings. The third-order valence-corrected chi connectivity index (χ3v) is 7.12. The van der Waals surface area contributed by atoms with Gasteiger partial charge in [0.05, 0.1) is 17.7 Å². The van der Waals surface area contributed by atoms with Gasteiger partial charge >= 0.3 is 10.1 Å². The average molecular weight is 515 g/mol. The van der Waals surface area contributed by atoms with Crippen LogP contribution in [0.3, 0.4) is 0 Å². The van der Waals surface area contributed by atoms with Crippen molar-refractivity contribution in [1.82, 2.24) is 5.32 Å². The van der Waals surface area contributed by atoms with E-state index in [-0.39, 0.29) is 22.3 Å². The third-order valence-electron chi connectivity index (χ3n) is 4.73. The number of carbonyl (C=O) groups excluding carboxylic acids is 1. The number of methoxy groups -OCH3 is 1. The van der Waals surface area contributed by atoms with E-state index in [1.807, 2.05) is 6.92 Å². The number of nitrogens with one attached hydrogen (secondary N) is 1. The Balaban J connectivity index is 1.66. The van der Waals surface area contributed by atoms with Crippen molar-refractivity contribution in [3.8, 4) is 11.5 Å². The van der Waals surface area contributed by atoms with Crippen LogP contribution in [0.15, 0.2) is 81.5 Å². The van der Waals surface area contributed by atoms with Gasteiger partial charge in [-0.2, -0.15) is 8.42 Å². The first-order valence-corrected chi connectivity index (χ1v) is 12.6. The predicted octanol–water partition coefficient (Wildman–Crippen LogP) is 5.32. The molecule has 3 aromatic rings. The van der Waals surface area contributed by atoms with Crippen LogP contribution in [0.4, 0.5) is 5.69 Å². The Hall–Kier alpha value is -3.27. The van der Waals surface area contributed by atoms with E-state index in [0.717, 1.165) is 17.3 Å². The fourth-order valence-corrected chi connectivity index (χ4v) is 4.94. The predicted molar refractivity (Wildman–Crippen MR) is 134 cm³/mol. The van der Waals surface area contributed by atoms with Crippen molar-refractivity contribution < 1.29 is 22.1 Å². The summed E-state index contributed by atoms with van der Waals surface area (Å²) in [4.78, 5) is 17.3. The molecule has 0 bridgehead atoms. The summed E-state index contributed by atoms with van der Waals surface area (Å²) in [5.74, 6) is -0.175. The van der Waals surface area contributed by atoms with Gasteiger partial charge in [0, 0.05) is 10.6 Å². The second-order valence-electron chi connectivity index (χ2n) is 7.19. The molecule has 0 saturated carbocycles. The maximum Gasteiger partial charge on any atom is 0.339 e. The number of aliphatic imine (C=N–C) groups is 1. The first kappa shape index (κ1) is 23.9. The van der Waals surface area contributed by atoms with Gasteiger partial charge in [0.1, 0.15) is 4.90 Å². The number of carbonyl (C=O) groups is 1. The van der Waals surface area contributed by atoms with Crippen molar-refractivity contribution >= 4 is 56.3 Å². The monoisotopic (exact) mass is 514 g/mol. The fraction of sp³-hybridized carbons (Fsp3) is 0.0833. The zero-order valence-corrected chi connectivity index (χ0v) is 20.5. The molecular weight excluding hydrogens is 496 g/mol. The van der Waals surface area contributed by atoms with E-state index in [0.29, 0.717) is 26.3 Å². The summed E-state index contributed by atoms with van der Waals surface area (Å²) in [6, 6.07) is 18.1. The lowest BCUT2D eigenvalue weighted by Gasteiger charge is -2.13. The van der Waals surface area contributed by atoms with Crippen molar-refractivity contribution in [2.75, 3.05) is 7.11 Å². The van der Waals surface area contributed by atoms with E-state index >= 15 is 0 Å². The Morgan fingerprint density at radius 1 is 1.03 bits per heavy atom. The van der Waals surface area contributed by atoms with Crippen LogP contribution in [-0.2, 0) is 14.9 Å². The minimum atomic E-state index is -4.14. The van der Waals surface area contributed by atoms with E-state index < -0.39 is 10.1 Å². The molecule has 1 fully saturated rings. The van der Waals surface area contributed by atoms with Crippen LogP contribution >= 0.6 is 23.4 Å². The first-order valence-electron chi connectivity index (χ1n) is 9.98. The molecule has 1 N–H and O–H groups in total. The molecule has 0 atom stereocenters. The number of thioether (sulfide) groups is 1. The van der Waals surface area contributed by atoms with Gasteiger partial charge in [-0.1, -0.05) is 41.4 Å². The van der Waals surface area contributed by atoms with Crippen LogP contribution < -0.4 is 14.2 Å². The van der Waals surface area contributed by atoms with E-state index in [1.165, 1.54) is 25.3 Å². The highest BCUT2D eigenvalue weighted by Gasteiger charge is 2.26. The number of benzene rings is 3. The van der Waals surface area contributed by atoms with Crippen molar-refractivity contribution in [3.63, 3.8) is 0 Å². The normalized spacial score (nSPS) is 16.0.